The molecule has 3 aromatic rings. The van der Waals surface area contributed by atoms with Crippen molar-refractivity contribution in [2.24, 2.45) is 0 Å². The second-order valence-corrected chi connectivity index (χ2v) is 6.97. The van der Waals surface area contributed by atoms with Crippen LogP contribution in [-0.2, 0) is 4.79 Å². The fourth-order valence-electron chi connectivity index (χ4n) is 2.58. The quantitative estimate of drug-likeness (QED) is 0.603. The Balaban J connectivity index is 1.49. The number of hydrogen-bond donors (Lipinski definition) is 1. The second kappa shape index (κ2) is 9.23. The average molecular weight is 382 g/mol. The molecule has 0 fully saturated rings. The van der Waals surface area contributed by atoms with Gasteiger partial charge in [0.2, 0.25) is 5.91 Å². The minimum atomic E-state index is -0.0665. The number of hydrogen-bond acceptors (Lipinski definition) is 5. The maximum Gasteiger partial charge on any atom is 0.230 e. The Morgan fingerprint density at radius 2 is 1.93 bits per heavy atom. The third-order valence-corrected chi connectivity index (χ3v) is 4.97. The minimum absolute atomic E-state index is 0.00161. The van der Waals surface area contributed by atoms with Gasteiger partial charge in [0.1, 0.15) is 5.75 Å². The molecule has 140 valence electrons. The lowest BCUT2D eigenvalue weighted by Crippen LogP contribution is -2.28. The van der Waals surface area contributed by atoms with Crippen LogP contribution in [0.3, 0.4) is 0 Å². The van der Waals surface area contributed by atoms with Gasteiger partial charge in [-0.3, -0.25) is 4.79 Å². The smallest absolute Gasteiger partial charge is 0.230 e. The lowest BCUT2D eigenvalue weighted by atomic mass is 10.1. The average Bonchev–Trinajstić information content (AvgIpc) is 3.23. The number of aromatic nitrogens is 3. The van der Waals surface area contributed by atoms with Crippen molar-refractivity contribution >= 4 is 17.7 Å². The molecular formula is C20H22N4O2S. The Bertz CT molecular complexity index is 849. The van der Waals surface area contributed by atoms with Crippen LogP contribution in [0.5, 0.6) is 5.75 Å². The predicted octanol–water partition coefficient (Wildman–Crippen LogP) is 3.64. The van der Waals surface area contributed by atoms with E-state index in [1.54, 1.807) is 17.1 Å². The number of thioether (sulfide) groups is 1. The maximum atomic E-state index is 12.2. The summed E-state index contributed by atoms with van der Waals surface area (Å²) < 4.78 is 7.12. The van der Waals surface area contributed by atoms with Gasteiger partial charge in [-0.15, -0.1) is 16.9 Å². The molecule has 2 aromatic carbocycles. The zero-order valence-electron chi connectivity index (χ0n) is 15.3. The van der Waals surface area contributed by atoms with Crippen LogP contribution in [0.15, 0.2) is 65.8 Å². The van der Waals surface area contributed by atoms with Crippen molar-refractivity contribution in [3.8, 4) is 11.4 Å². The second-order valence-electron chi connectivity index (χ2n) is 5.92. The molecule has 0 saturated heterocycles. The monoisotopic (exact) mass is 382 g/mol. The Morgan fingerprint density at radius 3 is 2.56 bits per heavy atom. The molecule has 0 aliphatic carbocycles. The van der Waals surface area contributed by atoms with Gasteiger partial charge in [0.05, 0.1) is 36.5 Å². The largest absolute Gasteiger partial charge is 0.494 e. The fraction of sp³-hybridized carbons (Fsp3) is 0.250. The van der Waals surface area contributed by atoms with Gasteiger partial charge in [-0.25, -0.2) is 4.68 Å². The summed E-state index contributed by atoms with van der Waals surface area (Å²) in [6.45, 7) is 4.58. The number of carbonyl (C=O) groups excluding carboxylic acids is 1. The molecule has 1 amide bonds. The van der Waals surface area contributed by atoms with E-state index < -0.39 is 0 Å². The number of amides is 1. The van der Waals surface area contributed by atoms with Crippen LogP contribution in [0.4, 0.5) is 0 Å². The predicted molar refractivity (Wildman–Crippen MR) is 106 cm³/mol. The Hall–Kier alpha value is -2.80. The highest BCUT2D eigenvalue weighted by Gasteiger charge is 2.10. The van der Waals surface area contributed by atoms with Crippen LogP contribution in [-0.4, -0.2) is 33.3 Å². The van der Waals surface area contributed by atoms with Gasteiger partial charge in [0.15, 0.2) is 0 Å². The Morgan fingerprint density at radius 1 is 1.19 bits per heavy atom. The summed E-state index contributed by atoms with van der Waals surface area (Å²) in [6, 6.07) is 15.6. The first-order valence-corrected chi connectivity index (χ1v) is 9.76. The van der Waals surface area contributed by atoms with Gasteiger partial charge in [-0.05, 0) is 55.8 Å². The minimum Gasteiger partial charge on any atom is -0.494 e. The number of ether oxygens (including phenoxy) is 1. The molecule has 27 heavy (non-hydrogen) atoms. The third kappa shape index (κ3) is 5.34. The van der Waals surface area contributed by atoms with Crippen LogP contribution in [0.1, 0.15) is 25.5 Å². The van der Waals surface area contributed by atoms with E-state index in [0.717, 1.165) is 21.9 Å². The van der Waals surface area contributed by atoms with Crippen molar-refractivity contribution in [2.45, 2.75) is 24.8 Å². The first-order chi connectivity index (χ1) is 13.2. The Kier molecular flexibility index (Phi) is 6.49. The molecule has 1 heterocycles. The van der Waals surface area contributed by atoms with Crippen molar-refractivity contribution < 1.29 is 9.53 Å². The topological polar surface area (TPSA) is 69.0 Å². The van der Waals surface area contributed by atoms with Gasteiger partial charge in [-0.2, -0.15) is 0 Å². The molecule has 6 nitrogen and oxygen atoms in total. The van der Waals surface area contributed by atoms with Crippen LogP contribution in [0.25, 0.3) is 5.69 Å². The molecule has 0 spiro atoms. The first kappa shape index (κ1) is 19.0. The van der Waals surface area contributed by atoms with E-state index in [4.69, 9.17) is 4.74 Å². The van der Waals surface area contributed by atoms with Crippen LogP contribution in [0.2, 0.25) is 0 Å². The van der Waals surface area contributed by atoms with Crippen molar-refractivity contribution in [2.75, 3.05) is 12.4 Å². The maximum absolute atomic E-state index is 12.2. The Labute approximate surface area is 162 Å². The van der Waals surface area contributed by atoms with Gasteiger partial charge in [0.25, 0.3) is 0 Å². The number of nitrogens with one attached hydrogen (secondary N) is 1. The zero-order valence-corrected chi connectivity index (χ0v) is 16.1. The van der Waals surface area contributed by atoms with Gasteiger partial charge >= 0.3 is 0 Å². The highest BCUT2D eigenvalue weighted by Crippen LogP contribution is 2.22. The summed E-state index contributed by atoms with van der Waals surface area (Å²) in [6.07, 6.45) is 3.43. The van der Waals surface area contributed by atoms with Crippen molar-refractivity contribution in [3.05, 3.63) is 66.5 Å². The molecule has 0 aliphatic rings. The molecule has 1 N–H and O–H groups in total. The SMILES string of the molecule is CCOc1ccc(SCC(=O)NC(C)c2ccc(-n3ccnn3)cc2)cc1. The summed E-state index contributed by atoms with van der Waals surface area (Å²) in [5, 5.41) is 10.8. The fourth-order valence-corrected chi connectivity index (χ4v) is 3.29. The summed E-state index contributed by atoms with van der Waals surface area (Å²) in [7, 11) is 0. The molecule has 7 heteroatoms. The number of benzene rings is 2. The van der Waals surface area contributed by atoms with E-state index in [2.05, 4.69) is 15.6 Å². The number of rotatable bonds is 8. The molecule has 0 aliphatic heterocycles. The molecule has 1 atom stereocenters. The summed E-state index contributed by atoms with van der Waals surface area (Å²) in [5.41, 5.74) is 1.97. The molecule has 0 bridgehead atoms. The number of nitrogens with zero attached hydrogens (tertiary/aromatic N) is 3. The normalized spacial score (nSPS) is 11.8. The van der Waals surface area contributed by atoms with E-state index in [9.17, 15) is 4.79 Å². The van der Waals surface area contributed by atoms with E-state index in [1.165, 1.54) is 11.8 Å². The van der Waals surface area contributed by atoms with Crippen molar-refractivity contribution in [1.29, 1.82) is 0 Å². The molecule has 0 saturated carbocycles. The molecule has 1 aromatic heterocycles. The highest BCUT2D eigenvalue weighted by atomic mass is 32.2. The summed E-state index contributed by atoms with van der Waals surface area (Å²) in [4.78, 5) is 13.3. The standard InChI is InChI=1S/C20H22N4O2S/c1-3-26-18-8-10-19(11-9-18)27-14-20(25)22-15(2)16-4-6-17(7-5-16)24-13-12-21-23-24/h4-13,15H,3,14H2,1-2H3,(H,22,25). The van der Waals surface area contributed by atoms with E-state index in [0.29, 0.717) is 12.4 Å². The van der Waals surface area contributed by atoms with E-state index in [1.807, 2.05) is 62.4 Å². The first-order valence-electron chi connectivity index (χ1n) is 8.77. The lowest BCUT2D eigenvalue weighted by Gasteiger charge is -2.15. The third-order valence-electron chi connectivity index (χ3n) is 3.96. The summed E-state index contributed by atoms with van der Waals surface area (Å²) in [5.74, 6) is 1.21. The van der Waals surface area contributed by atoms with Crippen LogP contribution >= 0.6 is 11.8 Å². The van der Waals surface area contributed by atoms with E-state index in [-0.39, 0.29) is 11.9 Å². The van der Waals surface area contributed by atoms with Gasteiger partial charge < -0.3 is 10.1 Å². The van der Waals surface area contributed by atoms with Crippen LogP contribution in [0, 0.1) is 0 Å². The summed E-state index contributed by atoms with van der Waals surface area (Å²) >= 11 is 1.51. The highest BCUT2D eigenvalue weighted by molar-refractivity contribution is 8.00. The van der Waals surface area contributed by atoms with Gasteiger partial charge in [-0.1, -0.05) is 17.3 Å². The number of carbonyl (C=O) groups is 1. The van der Waals surface area contributed by atoms with Crippen LogP contribution < -0.4 is 10.1 Å². The zero-order chi connectivity index (χ0) is 19.1. The molecular weight excluding hydrogens is 360 g/mol. The van der Waals surface area contributed by atoms with Crippen molar-refractivity contribution in [3.63, 3.8) is 0 Å². The molecule has 3 rings (SSSR count). The van der Waals surface area contributed by atoms with Gasteiger partial charge in [0, 0.05) is 4.90 Å². The molecule has 0 radical (unpaired) electrons. The lowest BCUT2D eigenvalue weighted by molar-refractivity contribution is -0.119. The molecule has 1 unspecified atom stereocenters. The van der Waals surface area contributed by atoms with Crippen molar-refractivity contribution in [1.82, 2.24) is 20.3 Å². The van der Waals surface area contributed by atoms with E-state index >= 15 is 0 Å².